The third kappa shape index (κ3) is 3.84. The quantitative estimate of drug-likeness (QED) is 0.683. The molecule has 1 saturated heterocycles. The number of anilines is 1. The highest BCUT2D eigenvalue weighted by Gasteiger charge is 2.25. The van der Waals surface area contributed by atoms with Crippen molar-refractivity contribution in [2.75, 3.05) is 31.9 Å². The minimum absolute atomic E-state index is 0.0764. The molecule has 3 aromatic rings. The van der Waals surface area contributed by atoms with E-state index in [0.29, 0.717) is 39.0 Å². The van der Waals surface area contributed by atoms with Crippen molar-refractivity contribution in [2.45, 2.75) is 12.8 Å². The second kappa shape index (κ2) is 7.70. The number of carbonyl (C=O) groups excluding carboxylic acids is 2. The normalized spacial score (nSPS) is 14.7. The molecule has 2 amide bonds. The molecule has 0 atom stereocenters. The van der Waals surface area contributed by atoms with Crippen LogP contribution in [0.5, 0.6) is 0 Å². The van der Waals surface area contributed by atoms with Crippen molar-refractivity contribution in [2.24, 2.45) is 0 Å². The van der Waals surface area contributed by atoms with Gasteiger partial charge in [0.2, 0.25) is 5.91 Å². The molecule has 1 aromatic carbocycles. The molecule has 27 heavy (non-hydrogen) atoms. The molecule has 0 radical (unpaired) electrons. The highest BCUT2D eigenvalue weighted by atomic mass is 32.1. The molecule has 140 valence electrons. The average molecular weight is 400 g/mol. The number of carbonyl (C=O) groups is 2. The van der Waals surface area contributed by atoms with Gasteiger partial charge in [-0.05, 0) is 35.6 Å². The Morgan fingerprint density at radius 3 is 2.48 bits per heavy atom. The highest BCUT2D eigenvalue weighted by Crippen LogP contribution is 2.30. The minimum Gasteiger partial charge on any atom is -0.399 e. The van der Waals surface area contributed by atoms with Gasteiger partial charge in [0, 0.05) is 47.7 Å². The first kappa shape index (κ1) is 18.0. The summed E-state index contributed by atoms with van der Waals surface area (Å²) in [5.41, 5.74) is 7.69. The predicted octanol–water partition coefficient (Wildman–Crippen LogP) is 3.46. The van der Waals surface area contributed by atoms with E-state index in [1.165, 1.54) is 0 Å². The molecular formula is C20H21N3O2S2. The number of aryl methyl sites for hydroxylation is 1. The predicted molar refractivity (Wildman–Crippen MR) is 111 cm³/mol. The van der Waals surface area contributed by atoms with Crippen LogP contribution >= 0.6 is 22.7 Å². The fraction of sp³-hybridized carbons (Fsp3) is 0.300. The Bertz CT molecular complexity index is 942. The summed E-state index contributed by atoms with van der Waals surface area (Å²) < 4.78 is 2.33. The van der Waals surface area contributed by atoms with Crippen LogP contribution in [0.15, 0.2) is 41.8 Å². The topological polar surface area (TPSA) is 66.6 Å². The molecule has 0 spiro atoms. The zero-order chi connectivity index (χ0) is 18.8. The van der Waals surface area contributed by atoms with Crippen molar-refractivity contribution in [3.63, 3.8) is 0 Å². The van der Waals surface area contributed by atoms with Crippen LogP contribution in [-0.4, -0.2) is 47.8 Å². The summed E-state index contributed by atoms with van der Waals surface area (Å²) in [7, 11) is 0. The number of fused-ring (bicyclic) bond motifs is 1. The molecule has 0 bridgehead atoms. The summed E-state index contributed by atoms with van der Waals surface area (Å²) in [6.07, 6.45) is 1.10. The third-order valence-corrected chi connectivity index (χ3v) is 7.01. The number of nitrogens with two attached hydrogens (primary N) is 1. The lowest BCUT2D eigenvalue weighted by Gasteiger charge is -2.34. The fourth-order valence-corrected chi connectivity index (χ4v) is 5.42. The van der Waals surface area contributed by atoms with Crippen molar-refractivity contribution >= 4 is 49.6 Å². The van der Waals surface area contributed by atoms with Crippen molar-refractivity contribution in [1.82, 2.24) is 9.80 Å². The van der Waals surface area contributed by atoms with Crippen molar-refractivity contribution in [3.05, 3.63) is 52.2 Å². The second-order valence-electron chi connectivity index (χ2n) is 6.63. The number of thiophene rings is 2. The Kier molecular flexibility index (Phi) is 5.13. The van der Waals surface area contributed by atoms with Crippen LogP contribution in [0.3, 0.4) is 0 Å². The van der Waals surface area contributed by atoms with Crippen molar-refractivity contribution in [3.8, 4) is 0 Å². The monoisotopic (exact) mass is 399 g/mol. The molecule has 5 nitrogen and oxygen atoms in total. The van der Waals surface area contributed by atoms with Gasteiger partial charge in [-0.15, -0.1) is 22.7 Å². The van der Waals surface area contributed by atoms with Gasteiger partial charge in [0.15, 0.2) is 0 Å². The van der Waals surface area contributed by atoms with Crippen LogP contribution in [0.1, 0.15) is 21.7 Å². The van der Waals surface area contributed by atoms with Gasteiger partial charge in [-0.2, -0.15) is 0 Å². The number of amides is 2. The number of nitrogen functional groups attached to an aromatic ring is 1. The Balaban J connectivity index is 1.30. The van der Waals surface area contributed by atoms with E-state index in [9.17, 15) is 9.59 Å². The highest BCUT2D eigenvalue weighted by molar-refractivity contribution is 7.27. The lowest BCUT2D eigenvalue weighted by atomic mass is 10.1. The van der Waals surface area contributed by atoms with Gasteiger partial charge in [-0.3, -0.25) is 9.59 Å². The Morgan fingerprint density at radius 2 is 1.74 bits per heavy atom. The number of benzene rings is 1. The molecule has 7 heteroatoms. The molecule has 1 aliphatic heterocycles. The van der Waals surface area contributed by atoms with Crippen LogP contribution in [0.25, 0.3) is 9.40 Å². The summed E-state index contributed by atoms with van der Waals surface area (Å²) in [6, 6.07) is 11.7. The van der Waals surface area contributed by atoms with Gasteiger partial charge < -0.3 is 15.5 Å². The standard InChI is InChI=1S/C20H21N3O2S2/c21-15-4-2-1-3-14(15)5-6-19(24)22-8-10-23(11-9-22)20(25)18-13-17-16(27-18)7-12-26-17/h1-4,7,12-13H,5-6,8-11,21H2. The lowest BCUT2D eigenvalue weighted by Crippen LogP contribution is -2.50. The third-order valence-electron chi connectivity index (χ3n) is 4.93. The van der Waals surface area contributed by atoms with Crippen molar-refractivity contribution in [1.29, 1.82) is 0 Å². The fourth-order valence-electron chi connectivity index (χ4n) is 3.35. The molecule has 1 fully saturated rings. The Hall–Kier alpha value is -2.38. The van der Waals surface area contributed by atoms with Gasteiger partial charge >= 0.3 is 0 Å². The summed E-state index contributed by atoms with van der Waals surface area (Å²) in [6.45, 7) is 2.36. The maximum atomic E-state index is 12.7. The molecular weight excluding hydrogens is 378 g/mol. The molecule has 3 heterocycles. The Labute approximate surface area is 166 Å². The van der Waals surface area contributed by atoms with Gasteiger partial charge in [0.05, 0.1) is 4.88 Å². The van der Waals surface area contributed by atoms with Crippen LogP contribution in [0.4, 0.5) is 5.69 Å². The largest absolute Gasteiger partial charge is 0.399 e. The van der Waals surface area contributed by atoms with Crippen molar-refractivity contribution < 1.29 is 9.59 Å². The van der Waals surface area contributed by atoms with E-state index in [-0.39, 0.29) is 11.8 Å². The van der Waals surface area contributed by atoms with E-state index in [4.69, 9.17) is 5.73 Å². The van der Waals surface area contributed by atoms with Crippen LogP contribution in [0, 0.1) is 0 Å². The molecule has 4 rings (SSSR count). The first-order valence-electron chi connectivity index (χ1n) is 8.99. The summed E-state index contributed by atoms with van der Waals surface area (Å²) in [4.78, 5) is 29.7. The molecule has 0 aliphatic carbocycles. The van der Waals surface area contributed by atoms with Gasteiger partial charge in [-0.25, -0.2) is 0 Å². The van der Waals surface area contributed by atoms with E-state index >= 15 is 0 Å². The molecule has 0 saturated carbocycles. The van der Waals surface area contributed by atoms with Gasteiger partial charge in [-0.1, -0.05) is 18.2 Å². The summed E-state index contributed by atoms with van der Waals surface area (Å²) in [5, 5.41) is 2.04. The first-order chi connectivity index (χ1) is 13.1. The average Bonchev–Trinajstić information content (AvgIpc) is 3.29. The SMILES string of the molecule is Nc1ccccc1CCC(=O)N1CCN(C(=O)c2cc3sccc3s2)CC1. The number of rotatable bonds is 4. The van der Waals surface area contributed by atoms with Gasteiger partial charge in [0.1, 0.15) is 0 Å². The molecule has 0 unspecified atom stereocenters. The van der Waals surface area contributed by atoms with E-state index in [0.717, 1.165) is 25.5 Å². The van der Waals surface area contributed by atoms with Gasteiger partial charge in [0.25, 0.3) is 5.91 Å². The van der Waals surface area contributed by atoms with E-state index < -0.39 is 0 Å². The summed E-state index contributed by atoms with van der Waals surface area (Å²) in [5.74, 6) is 0.203. The number of nitrogens with zero attached hydrogens (tertiary/aromatic N) is 2. The zero-order valence-corrected chi connectivity index (χ0v) is 16.5. The van der Waals surface area contributed by atoms with Crippen LogP contribution in [-0.2, 0) is 11.2 Å². The number of piperazine rings is 1. The van der Waals surface area contributed by atoms with E-state index in [1.54, 1.807) is 22.7 Å². The molecule has 1 aliphatic rings. The van der Waals surface area contributed by atoms with E-state index in [1.807, 2.05) is 45.5 Å². The maximum absolute atomic E-state index is 12.7. The minimum atomic E-state index is 0.0764. The first-order valence-corrected chi connectivity index (χ1v) is 10.7. The second-order valence-corrected chi connectivity index (χ2v) is 8.66. The lowest BCUT2D eigenvalue weighted by molar-refractivity contribution is -0.132. The smallest absolute Gasteiger partial charge is 0.264 e. The molecule has 2 N–H and O–H groups in total. The Morgan fingerprint density at radius 1 is 1.00 bits per heavy atom. The van der Waals surface area contributed by atoms with Crippen LogP contribution in [0.2, 0.25) is 0 Å². The number of hydrogen-bond acceptors (Lipinski definition) is 5. The zero-order valence-electron chi connectivity index (χ0n) is 14.9. The van der Waals surface area contributed by atoms with E-state index in [2.05, 4.69) is 6.07 Å². The number of para-hydroxylation sites is 1. The number of hydrogen-bond donors (Lipinski definition) is 1. The summed E-state index contributed by atoms with van der Waals surface area (Å²) >= 11 is 3.21. The maximum Gasteiger partial charge on any atom is 0.264 e. The molecule has 2 aromatic heterocycles. The van der Waals surface area contributed by atoms with Crippen LogP contribution < -0.4 is 5.73 Å².